The molecule has 0 aliphatic heterocycles. The molecule has 1 aromatic heterocycles. The number of aromatic hydroxyl groups is 2. The van der Waals surface area contributed by atoms with Crippen molar-refractivity contribution in [3.05, 3.63) is 75.9 Å². The summed E-state index contributed by atoms with van der Waals surface area (Å²) in [6.45, 7) is 0. The Morgan fingerprint density at radius 2 is 1.59 bits per heavy atom. The van der Waals surface area contributed by atoms with Crippen molar-refractivity contribution in [3.8, 4) is 40.1 Å². The van der Waals surface area contributed by atoms with Crippen LogP contribution in [0.3, 0.4) is 0 Å². The van der Waals surface area contributed by atoms with Crippen molar-refractivity contribution in [2.24, 2.45) is 0 Å². The number of hydrogen-bond donors (Lipinski definition) is 2. The molecule has 1 heterocycles. The molecule has 9 heteroatoms. The SMILES string of the molecule is COC(=O)C[C@@H](c1ccc(OC)c(OC)c1OC)c1c(O)cc(O)c2c(=O)cc(-c3ccccc3)oc12. The van der Waals surface area contributed by atoms with Gasteiger partial charge in [0.2, 0.25) is 5.75 Å². The van der Waals surface area contributed by atoms with Gasteiger partial charge >= 0.3 is 5.97 Å². The fourth-order valence-corrected chi connectivity index (χ4v) is 4.42. The first kappa shape index (κ1) is 25.4. The van der Waals surface area contributed by atoms with E-state index in [2.05, 4.69) is 0 Å². The fraction of sp³-hybridized carbons (Fsp3) is 0.214. The highest BCUT2D eigenvalue weighted by Gasteiger charge is 2.32. The maximum absolute atomic E-state index is 13.1. The van der Waals surface area contributed by atoms with Gasteiger partial charge in [-0.3, -0.25) is 9.59 Å². The molecule has 37 heavy (non-hydrogen) atoms. The molecule has 4 rings (SSSR count). The van der Waals surface area contributed by atoms with Gasteiger partial charge in [-0.25, -0.2) is 0 Å². The van der Waals surface area contributed by atoms with Crippen LogP contribution in [0.25, 0.3) is 22.3 Å². The van der Waals surface area contributed by atoms with E-state index in [9.17, 15) is 19.8 Å². The third kappa shape index (κ3) is 4.63. The van der Waals surface area contributed by atoms with Gasteiger partial charge in [-0.05, 0) is 6.07 Å². The second kappa shape index (κ2) is 10.5. The van der Waals surface area contributed by atoms with Crippen molar-refractivity contribution in [3.63, 3.8) is 0 Å². The number of fused-ring (bicyclic) bond motifs is 1. The van der Waals surface area contributed by atoms with Crippen LogP contribution in [0, 0.1) is 0 Å². The van der Waals surface area contributed by atoms with Gasteiger partial charge in [-0.15, -0.1) is 0 Å². The number of rotatable bonds is 8. The molecule has 0 aliphatic rings. The zero-order chi connectivity index (χ0) is 26.7. The number of phenolic OH excluding ortho intramolecular Hbond substituents is 2. The van der Waals surface area contributed by atoms with Gasteiger partial charge < -0.3 is 33.6 Å². The minimum Gasteiger partial charge on any atom is -0.507 e. The second-order valence-electron chi connectivity index (χ2n) is 8.13. The number of hydrogen-bond acceptors (Lipinski definition) is 9. The van der Waals surface area contributed by atoms with E-state index in [0.717, 1.165) is 6.07 Å². The zero-order valence-corrected chi connectivity index (χ0v) is 20.7. The molecule has 192 valence electrons. The maximum atomic E-state index is 13.1. The smallest absolute Gasteiger partial charge is 0.306 e. The molecule has 0 radical (unpaired) electrons. The fourth-order valence-electron chi connectivity index (χ4n) is 4.42. The largest absolute Gasteiger partial charge is 0.507 e. The molecule has 2 N–H and O–H groups in total. The van der Waals surface area contributed by atoms with Crippen LogP contribution < -0.4 is 19.6 Å². The standard InChI is InChI=1S/C28H26O9/c1-33-21-11-10-16(26(35-3)27(21)36-4)17(12-23(32)34-2)24-18(29)13-19(30)25-20(31)14-22(37-28(24)25)15-8-6-5-7-9-15/h5-11,13-14,17,29-30H,12H2,1-4H3/t17-/m0/s1. The van der Waals surface area contributed by atoms with Crippen molar-refractivity contribution in [2.45, 2.75) is 12.3 Å². The molecule has 1 atom stereocenters. The minimum atomic E-state index is -0.931. The number of esters is 1. The van der Waals surface area contributed by atoms with Gasteiger partial charge in [0.15, 0.2) is 16.9 Å². The Balaban J connectivity index is 2.10. The van der Waals surface area contributed by atoms with Gasteiger partial charge in [-0.2, -0.15) is 0 Å². The number of ether oxygens (including phenoxy) is 4. The third-order valence-electron chi connectivity index (χ3n) is 6.11. The van der Waals surface area contributed by atoms with E-state index in [1.165, 1.54) is 34.5 Å². The van der Waals surface area contributed by atoms with Crippen molar-refractivity contribution < 1.29 is 38.4 Å². The summed E-state index contributed by atoms with van der Waals surface area (Å²) in [6.07, 6.45) is -0.255. The summed E-state index contributed by atoms with van der Waals surface area (Å²) >= 11 is 0. The normalized spacial score (nSPS) is 11.7. The van der Waals surface area contributed by atoms with Gasteiger partial charge in [0.25, 0.3) is 0 Å². The summed E-state index contributed by atoms with van der Waals surface area (Å²) in [7, 11) is 5.59. The van der Waals surface area contributed by atoms with Crippen molar-refractivity contribution in [2.75, 3.05) is 28.4 Å². The summed E-state index contributed by atoms with van der Waals surface area (Å²) in [5, 5.41) is 21.5. The monoisotopic (exact) mass is 506 g/mol. The summed E-state index contributed by atoms with van der Waals surface area (Å²) in [4.78, 5) is 25.7. The lowest BCUT2D eigenvalue weighted by atomic mass is 9.85. The lowest BCUT2D eigenvalue weighted by Crippen LogP contribution is -2.13. The molecule has 9 nitrogen and oxygen atoms in total. The molecule has 3 aromatic carbocycles. The van der Waals surface area contributed by atoms with Crippen LogP contribution in [0.2, 0.25) is 0 Å². The topological polar surface area (TPSA) is 125 Å². The first-order valence-corrected chi connectivity index (χ1v) is 11.3. The summed E-state index contributed by atoms with van der Waals surface area (Å²) in [5.74, 6) is -1.24. The Morgan fingerprint density at radius 3 is 2.22 bits per heavy atom. The average Bonchev–Trinajstić information content (AvgIpc) is 2.91. The molecule has 0 bridgehead atoms. The molecular formula is C28H26O9. The second-order valence-corrected chi connectivity index (χ2v) is 8.13. The Morgan fingerprint density at radius 1 is 0.892 bits per heavy atom. The predicted octanol–water partition coefficient (Wildman–Crippen LogP) is 4.59. The van der Waals surface area contributed by atoms with Gasteiger partial charge in [0.1, 0.15) is 28.2 Å². The van der Waals surface area contributed by atoms with Crippen LogP contribution in [0.15, 0.2) is 63.8 Å². The van der Waals surface area contributed by atoms with E-state index in [0.29, 0.717) is 16.9 Å². The first-order chi connectivity index (χ1) is 17.8. The van der Waals surface area contributed by atoms with E-state index < -0.39 is 23.1 Å². The number of methoxy groups -OCH3 is 4. The summed E-state index contributed by atoms with van der Waals surface area (Å²) < 4.78 is 27.6. The van der Waals surface area contributed by atoms with Gasteiger partial charge in [0.05, 0.1) is 34.9 Å². The Labute approximate surface area is 212 Å². The Bertz CT molecular complexity index is 1510. The third-order valence-corrected chi connectivity index (χ3v) is 6.11. The van der Waals surface area contributed by atoms with E-state index in [1.807, 2.05) is 6.07 Å². The quantitative estimate of drug-likeness (QED) is 0.330. The molecule has 4 aromatic rings. The first-order valence-electron chi connectivity index (χ1n) is 11.3. The minimum absolute atomic E-state index is 0.0744. The summed E-state index contributed by atoms with van der Waals surface area (Å²) in [6, 6.07) is 14.5. The lowest BCUT2D eigenvalue weighted by molar-refractivity contribution is -0.140. The molecule has 0 saturated carbocycles. The Hall–Kier alpha value is -4.66. The van der Waals surface area contributed by atoms with Crippen LogP contribution in [0.5, 0.6) is 28.7 Å². The van der Waals surface area contributed by atoms with Crippen molar-refractivity contribution in [1.29, 1.82) is 0 Å². The molecule has 0 amide bonds. The van der Waals surface area contributed by atoms with E-state index >= 15 is 0 Å². The molecule has 0 unspecified atom stereocenters. The molecule has 0 fully saturated rings. The van der Waals surface area contributed by atoms with Gasteiger partial charge in [0, 0.05) is 34.7 Å². The zero-order valence-electron chi connectivity index (χ0n) is 20.7. The number of phenols is 2. The van der Waals surface area contributed by atoms with Crippen molar-refractivity contribution in [1.82, 2.24) is 0 Å². The number of carbonyl (C=O) groups excluding carboxylic acids is 1. The van der Waals surface area contributed by atoms with Crippen LogP contribution in [-0.4, -0.2) is 44.6 Å². The molecule has 0 saturated heterocycles. The highest BCUT2D eigenvalue weighted by molar-refractivity contribution is 5.91. The van der Waals surface area contributed by atoms with Gasteiger partial charge in [-0.1, -0.05) is 36.4 Å². The number of carbonyl (C=O) groups is 1. The van der Waals surface area contributed by atoms with Crippen molar-refractivity contribution >= 4 is 16.9 Å². The highest BCUT2D eigenvalue weighted by Crippen LogP contribution is 2.49. The lowest BCUT2D eigenvalue weighted by Gasteiger charge is -2.23. The number of benzene rings is 3. The van der Waals surface area contributed by atoms with Crippen LogP contribution in [0.4, 0.5) is 0 Å². The Kier molecular flexibility index (Phi) is 7.24. The molecule has 0 spiro atoms. The van der Waals surface area contributed by atoms with E-state index in [1.54, 1.807) is 36.4 Å². The van der Waals surface area contributed by atoms with E-state index in [-0.39, 0.29) is 46.0 Å². The highest BCUT2D eigenvalue weighted by atomic mass is 16.5. The summed E-state index contributed by atoms with van der Waals surface area (Å²) in [5.41, 5.74) is 0.548. The molecular weight excluding hydrogens is 480 g/mol. The average molecular weight is 507 g/mol. The molecule has 0 aliphatic carbocycles. The van der Waals surface area contributed by atoms with E-state index in [4.69, 9.17) is 23.4 Å². The van der Waals surface area contributed by atoms with Crippen LogP contribution in [0.1, 0.15) is 23.5 Å². The van der Waals surface area contributed by atoms with Crippen LogP contribution in [-0.2, 0) is 9.53 Å². The maximum Gasteiger partial charge on any atom is 0.306 e. The van der Waals surface area contributed by atoms with Crippen LogP contribution >= 0.6 is 0 Å². The predicted molar refractivity (Wildman–Crippen MR) is 136 cm³/mol.